The predicted octanol–water partition coefficient (Wildman–Crippen LogP) is 0.774. The lowest BCUT2D eigenvalue weighted by Crippen LogP contribution is -2.48. The van der Waals surface area contributed by atoms with Crippen LogP contribution in [-0.2, 0) is 10.0 Å². The van der Waals surface area contributed by atoms with E-state index in [1.165, 1.54) is 0 Å². The summed E-state index contributed by atoms with van der Waals surface area (Å²) in [4.78, 5) is 0. The summed E-state index contributed by atoms with van der Waals surface area (Å²) in [6.45, 7) is 3.52. The van der Waals surface area contributed by atoms with Gasteiger partial charge in [0.05, 0.1) is 4.75 Å². The van der Waals surface area contributed by atoms with Gasteiger partial charge in [0.15, 0.2) is 0 Å². The highest BCUT2D eigenvalue weighted by atomic mass is 32.2. The number of hydrogen-bond acceptors (Lipinski definition) is 2. The Kier molecular flexibility index (Phi) is 2.07. The Labute approximate surface area is 67.3 Å². The van der Waals surface area contributed by atoms with Crippen LogP contribution in [0.1, 0.15) is 25.7 Å². The molecule has 1 aliphatic rings. The summed E-state index contributed by atoms with van der Waals surface area (Å²) in [5, 5.41) is 5.09. The molecule has 4 heteroatoms. The van der Waals surface area contributed by atoms with Crippen LogP contribution in [0.5, 0.6) is 0 Å². The van der Waals surface area contributed by atoms with Crippen molar-refractivity contribution in [2.45, 2.75) is 30.4 Å². The lowest BCUT2D eigenvalue weighted by atomic mass is 9.82. The molecule has 0 aromatic carbocycles. The van der Waals surface area contributed by atoms with E-state index in [-0.39, 0.29) is 0 Å². The van der Waals surface area contributed by atoms with Crippen LogP contribution < -0.4 is 5.14 Å². The van der Waals surface area contributed by atoms with Crippen molar-refractivity contribution in [3.63, 3.8) is 0 Å². The van der Waals surface area contributed by atoms with Gasteiger partial charge in [-0.15, -0.1) is 6.58 Å². The summed E-state index contributed by atoms with van der Waals surface area (Å²) in [7, 11) is -3.36. The number of nitrogens with two attached hydrogens (primary N) is 1. The van der Waals surface area contributed by atoms with Gasteiger partial charge in [0.1, 0.15) is 0 Å². The summed E-state index contributed by atoms with van der Waals surface area (Å²) >= 11 is 0. The monoisotopic (exact) mass is 175 g/mol. The standard InChI is InChI=1S/C7H13NO2S/c1-2-4-7(5-3-6-7)11(8,9)10/h2H,1,3-6H2,(H2,8,9,10). The Morgan fingerprint density at radius 2 is 2.09 bits per heavy atom. The maximum absolute atomic E-state index is 11.1. The molecule has 0 saturated heterocycles. The van der Waals surface area contributed by atoms with Gasteiger partial charge in [0, 0.05) is 0 Å². The first-order valence-electron chi connectivity index (χ1n) is 3.65. The molecule has 0 atom stereocenters. The van der Waals surface area contributed by atoms with Gasteiger partial charge in [0.2, 0.25) is 10.0 Å². The van der Waals surface area contributed by atoms with E-state index in [0.717, 1.165) is 6.42 Å². The van der Waals surface area contributed by atoms with Crippen molar-refractivity contribution in [3.05, 3.63) is 12.7 Å². The van der Waals surface area contributed by atoms with Crippen molar-refractivity contribution in [3.8, 4) is 0 Å². The molecule has 0 heterocycles. The van der Waals surface area contributed by atoms with Crippen molar-refractivity contribution >= 4 is 10.0 Å². The number of rotatable bonds is 3. The maximum atomic E-state index is 11.1. The second-order valence-corrected chi connectivity index (χ2v) is 5.03. The maximum Gasteiger partial charge on any atom is 0.215 e. The van der Waals surface area contributed by atoms with Crippen molar-refractivity contribution in [2.24, 2.45) is 5.14 Å². The fourth-order valence-corrected chi connectivity index (χ4v) is 2.65. The van der Waals surface area contributed by atoms with Crippen LogP contribution >= 0.6 is 0 Å². The first kappa shape index (κ1) is 8.74. The molecule has 0 unspecified atom stereocenters. The summed E-state index contributed by atoms with van der Waals surface area (Å²) in [5.41, 5.74) is 0. The van der Waals surface area contributed by atoms with Crippen molar-refractivity contribution in [1.29, 1.82) is 0 Å². The van der Waals surface area contributed by atoms with Gasteiger partial charge in [-0.3, -0.25) is 0 Å². The first-order valence-corrected chi connectivity index (χ1v) is 5.20. The predicted molar refractivity (Wildman–Crippen MR) is 44.5 cm³/mol. The van der Waals surface area contributed by atoms with E-state index in [1.54, 1.807) is 6.08 Å². The quantitative estimate of drug-likeness (QED) is 0.644. The zero-order valence-electron chi connectivity index (χ0n) is 6.41. The van der Waals surface area contributed by atoms with Crippen LogP contribution in [0.3, 0.4) is 0 Å². The van der Waals surface area contributed by atoms with E-state index in [0.29, 0.717) is 19.3 Å². The molecule has 1 fully saturated rings. The van der Waals surface area contributed by atoms with Gasteiger partial charge < -0.3 is 0 Å². The molecule has 64 valence electrons. The number of primary sulfonamides is 1. The normalized spacial score (nSPS) is 22.3. The first-order chi connectivity index (χ1) is 5.02. The second-order valence-electron chi connectivity index (χ2n) is 3.07. The largest absolute Gasteiger partial charge is 0.228 e. The summed E-state index contributed by atoms with van der Waals surface area (Å²) < 4.78 is 21.5. The molecule has 0 aromatic rings. The minimum Gasteiger partial charge on any atom is -0.228 e. The van der Waals surface area contributed by atoms with E-state index >= 15 is 0 Å². The van der Waals surface area contributed by atoms with E-state index in [2.05, 4.69) is 6.58 Å². The van der Waals surface area contributed by atoms with Crippen LogP contribution in [0.2, 0.25) is 0 Å². The SMILES string of the molecule is C=CCC1(S(N)(=O)=O)CCC1. The van der Waals surface area contributed by atoms with Crippen molar-refractivity contribution in [1.82, 2.24) is 0 Å². The molecular formula is C7H13NO2S. The van der Waals surface area contributed by atoms with Crippen LogP contribution in [0, 0.1) is 0 Å². The third kappa shape index (κ3) is 1.32. The minimum absolute atomic E-state index is 0.492. The smallest absolute Gasteiger partial charge is 0.215 e. The molecule has 0 aliphatic heterocycles. The average molecular weight is 175 g/mol. The molecule has 1 aliphatic carbocycles. The van der Waals surface area contributed by atoms with E-state index in [9.17, 15) is 8.42 Å². The number of hydrogen-bond donors (Lipinski definition) is 1. The highest BCUT2D eigenvalue weighted by Crippen LogP contribution is 2.40. The molecule has 0 radical (unpaired) electrons. The highest BCUT2D eigenvalue weighted by Gasteiger charge is 2.45. The second kappa shape index (κ2) is 2.60. The number of allylic oxidation sites excluding steroid dienone is 1. The summed E-state index contributed by atoms with van der Waals surface area (Å²) in [5.74, 6) is 0. The fraction of sp³-hybridized carbons (Fsp3) is 0.714. The van der Waals surface area contributed by atoms with E-state index in [4.69, 9.17) is 5.14 Å². The Morgan fingerprint density at radius 1 is 1.55 bits per heavy atom. The van der Waals surface area contributed by atoms with Gasteiger partial charge >= 0.3 is 0 Å². The fourth-order valence-electron chi connectivity index (χ4n) is 1.44. The van der Waals surface area contributed by atoms with Gasteiger partial charge in [-0.1, -0.05) is 12.5 Å². The van der Waals surface area contributed by atoms with Crippen LogP contribution in [0.25, 0.3) is 0 Å². The Hall–Kier alpha value is -0.350. The zero-order chi connectivity index (χ0) is 8.54. The molecule has 0 amide bonds. The molecule has 2 N–H and O–H groups in total. The lowest BCUT2D eigenvalue weighted by molar-refractivity contribution is 0.339. The topological polar surface area (TPSA) is 60.2 Å². The van der Waals surface area contributed by atoms with Crippen molar-refractivity contribution in [2.75, 3.05) is 0 Å². The van der Waals surface area contributed by atoms with Gasteiger partial charge in [-0.2, -0.15) is 0 Å². The molecule has 0 bridgehead atoms. The third-order valence-electron chi connectivity index (χ3n) is 2.38. The number of sulfonamides is 1. The molecule has 11 heavy (non-hydrogen) atoms. The minimum atomic E-state index is -3.36. The van der Waals surface area contributed by atoms with Gasteiger partial charge in [-0.25, -0.2) is 13.6 Å². The Morgan fingerprint density at radius 3 is 2.18 bits per heavy atom. The molecule has 3 nitrogen and oxygen atoms in total. The average Bonchev–Trinajstić information content (AvgIpc) is 1.75. The lowest BCUT2D eigenvalue weighted by Gasteiger charge is -2.38. The van der Waals surface area contributed by atoms with Gasteiger partial charge in [0.25, 0.3) is 0 Å². The summed E-state index contributed by atoms with van der Waals surface area (Å²) in [6.07, 6.45) is 4.47. The van der Waals surface area contributed by atoms with Crippen LogP contribution in [-0.4, -0.2) is 13.2 Å². The molecule has 1 saturated carbocycles. The molecule has 0 spiro atoms. The molecule has 1 rings (SSSR count). The summed E-state index contributed by atoms with van der Waals surface area (Å²) in [6, 6.07) is 0. The van der Waals surface area contributed by atoms with Crippen molar-refractivity contribution < 1.29 is 8.42 Å². The Bertz CT molecular complexity index is 252. The molecular weight excluding hydrogens is 162 g/mol. The highest BCUT2D eigenvalue weighted by molar-refractivity contribution is 7.90. The van der Waals surface area contributed by atoms with Gasteiger partial charge in [-0.05, 0) is 19.3 Å². The third-order valence-corrected chi connectivity index (χ3v) is 4.17. The Balaban J connectivity index is 2.84. The van der Waals surface area contributed by atoms with E-state index in [1.807, 2.05) is 0 Å². The van der Waals surface area contributed by atoms with Crippen LogP contribution in [0.15, 0.2) is 12.7 Å². The van der Waals surface area contributed by atoms with E-state index < -0.39 is 14.8 Å². The zero-order valence-corrected chi connectivity index (χ0v) is 7.23. The van der Waals surface area contributed by atoms with Crippen LogP contribution in [0.4, 0.5) is 0 Å². The molecule has 0 aromatic heterocycles.